The molecular weight excluding hydrogens is 781 g/mol. The molecule has 6 nitrogen and oxygen atoms in total. The second-order valence-corrected chi connectivity index (χ2v) is 15.5. The van der Waals surface area contributed by atoms with Gasteiger partial charge in [0.2, 0.25) is 0 Å². The van der Waals surface area contributed by atoms with E-state index in [0.717, 1.165) is 95.1 Å². The van der Waals surface area contributed by atoms with Gasteiger partial charge >= 0.3 is 0 Å². The van der Waals surface area contributed by atoms with Gasteiger partial charge in [0, 0.05) is 36.2 Å². The molecule has 0 bridgehead atoms. The van der Waals surface area contributed by atoms with Crippen molar-refractivity contribution in [2.75, 3.05) is 9.80 Å². The lowest BCUT2D eigenvalue weighted by Crippen LogP contribution is -2.13. The zero-order valence-corrected chi connectivity index (χ0v) is 34.8. The van der Waals surface area contributed by atoms with Crippen LogP contribution in [0.25, 0.3) is 66.1 Å². The Morgan fingerprint density at radius 1 is 0.234 bits per heavy atom. The first-order valence-corrected chi connectivity index (χ1v) is 21.4. The van der Waals surface area contributed by atoms with E-state index < -0.39 is 0 Å². The van der Waals surface area contributed by atoms with Crippen LogP contribution in [0.15, 0.2) is 243 Å². The zero-order chi connectivity index (χ0) is 42.7. The average Bonchev–Trinajstić information content (AvgIpc) is 3.37. The van der Waals surface area contributed by atoms with Crippen molar-refractivity contribution in [3.05, 3.63) is 243 Å². The molecule has 7 aromatic carbocycles. The molecule has 0 aliphatic carbocycles. The Hall–Kier alpha value is -8.74. The first kappa shape index (κ1) is 38.2. The lowest BCUT2D eigenvalue weighted by molar-refractivity contribution is 1.13. The standard InChI is InChI=1S/C58H40N6/c1-3-17-41(18-4-1)43-21-15-23-45(37-43)57-49-31-29-47(63(53-25-7-11-33-59-53)54-26-8-12-34-60-54)39-51(49)58(46-24-16-22-44(38-46)42-19-5-2-6-20-42)52-40-48(30-32-50(52)57)64(55-27-9-13-35-61-55)56-28-10-14-36-62-56/h1-40H. The largest absolute Gasteiger partial charge is 0.279 e. The fraction of sp³-hybridized carbons (Fsp3) is 0. The van der Waals surface area contributed by atoms with Crippen LogP contribution in [0.5, 0.6) is 0 Å². The summed E-state index contributed by atoms with van der Waals surface area (Å²) in [5.41, 5.74) is 11.0. The molecule has 6 heteroatoms. The highest BCUT2D eigenvalue weighted by Crippen LogP contribution is 2.48. The number of pyridine rings is 4. The van der Waals surface area contributed by atoms with Crippen LogP contribution in [0, 0.1) is 0 Å². The highest BCUT2D eigenvalue weighted by molar-refractivity contribution is 6.23. The summed E-state index contributed by atoms with van der Waals surface area (Å²) < 4.78 is 0. The van der Waals surface area contributed by atoms with Gasteiger partial charge in [-0.1, -0.05) is 133 Å². The molecule has 0 saturated carbocycles. The van der Waals surface area contributed by atoms with Crippen molar-refractivity contribution >= 4 is 56.2 Å². The fourth-order valence-electron chi connectivity index (χ4n) is 8.78. The highest BCUT2D eigenvalue weighted by Gasteiger charge is 2.23. The topological polar surface area (TPSA) is 58.0 Å². The van der Waals surface area contributed by atoms with Gasteiger partial charge in [0.15, 0.2) is 0 Å². The first-order valence-electron chi connectivity index (χ1n) is 21.4. The van der Waals surface area contributed by atoms with Crippen LogP contribution < -0.4 is 9.80 Å². The molecule has 0 amide bonds. The Morgan fingerprint density at radius 2 is 0.562 bits per heavy atom. The summed E-state index contributed by atoms with van der Waals surface area (Å²) >= 11 is 0. The Morgan fingerprint density at radius 3 is 0.922 bits per heavy atom. The Kier molecular flexibility index (Phi) is 10.1. The maximum Gasteiger partial charge on any atom is 0.138 e. The number of hydrogen-bond donors (Lipinski definition) is 0. The van der Waals surface area contributed by atoms with Crippen LogP contribution in [-0.2, 0) is 0 Å². The molecule has 0 unspecified atom stereocenters. The zero-order valence-electron chi connectivity index (χ0n) is 34.8. The van der Waals surface area contributed by atoms with Crippen molar-refractivity contribution in [1.29, 1.82) is 0 Å². The molecule has 0 N–H and O–H groups in total. The van der Waals surface area contributed by atoms with Crippen LogP contribution in [-0.4, -0.2) is 19.9 Å². The van der Waals surface area contributed by atoms with E-state index in [9.17, 15) is 0 Å². The van der Waals surface area contributed by atoms with Crippen molar-refractivity contribution in [3.63, 3.8) is 0 Å². The minimum Gasteiger partial charge on any atom is -0.279 e. The van der Waals surface area contributed by atoms with Crippen molar-refractivity contribution in [1.82, 2.24) is 19.9 Å². The predicted octanol–water partition coefficient (Wildman–Crippen LogP) is 15.2. The number of hydrogen-bond acceptors (Lipinski definition) is 6. The molecule has 11 aromatic rings. The molecule has 4 aromatic heterocycles. The fourth-order valence-corrected chi connectivity index (χ4v) is 8.78. The van der Waals surface area contributed by atoms with E-state index in [1.807, 2.05) is 97.6 Å². The molecule has 0 fully saturated rings. The van der Waals surface area contributed by atoms with Gasteiger partial charge in [-0.05, 0) is 151 Å². The number of anilines is 6. The second-order valence-electron chi connectivity index (χ2n) is 15.5. The maximum atomic E-state index is 4.85. The monoisotopic (exact) mass is 820 g/mol. The molecule has 4 heterocycles. The molecule has 0 saturated heterocycles. The highest BCUT2D eigenvalue weighted by atomic mass is 15.2. The molecule has 0 aliphatic heterocycles. The molecular formula is C58H40N6. The van der Waals surface area contributed by atoms with Crippen molar-refractivity contribution < 1.29 is 0 Å². The minimum absolute atomic E-state index is 0.772. The summed E-state index contributed by atoms with van der Waals surface area (Å²) in [6, 6.07) is 76.6. The van der Waals surface area contributed by atoms with Gasteiger partial charge < -0.3 is 0 Å². The maximum absolute atomic E-state index is 4.85. The van der Waals surface area contributed by atoms with Crippen molar-refractivity contribution in [2.45, 2.75) is 0 Å². The molecule has 11 rings (SSSR count). The van der Waals surface area contributed by atoms with E-state index in [4.69, 9.17) is 19.9 Å². The lowest BCUT2D eigenvalue weighted by atomic mass is 9.84. The molecule has 0 atom stereocenters. The van der Waals surface area contributed by atoms with Crippen LogP contribution in [0.3, 0.4) is 0 Å². The molecule has 64 heavy (non-hydrogen) atoms. The summed E-state index contributed by atoms with van der Waals surface area (Å²) in [6.45, 7) is 0. The molecule has 0 radical (unpaired) electrons. The average molecular weight is 821 g/mol. The van der Waals surface area contributed by atoms with Crippen LogP contribution in [0.1, 0.15) is 0 Å². The van der Waals surface area contributed by atoms with E-state index in [2.05, 4.69) is 155 Å². The molecule has 302 valence electrons. The van der Waals surface area contributed by atoms with Gasteiger partial charge in [-0.3, -0.25) is 9.80 Å². The van der Waals surface area contributed by atoms with Gasteiger partial charge in [-0.15, -0.1) is 0 Å². The number of fused-ring (bicyclic) bond motifs is 2. The van der Waals surface area contributed by atoms with Crippen LogP contribution in [0.2, 0.25) is 0 Å². The number of benzene rings is 7. The normalized spacial score (nSPS) is 11.1. The summed E-state index contributed by atoms with van der Waals surface area (Å²) in [6.07, 6.45) is 7.31. The van der Waals surface area contributed by atoms with Crippen molar-refractivity contribution in [3.8, 4) is 44.5 Å². The number of rotatable bonds is 10. The summed E-state index contributed by atoms with van der Waals surface area (Å²) in [5, 5.41) is 4.43. The third kappa shape index (κ3) is 7.29. The molecule has 0 aliphatic rings. The number of nitrogens with zero attached hydrogens (tertiary/aromatic N) is 6. The second kappa shape index (κ2) is 17.0. The van der Waals surface area contributed by atoms with E-state index in [1.54, 1.807) is 0 Å². The van der Waals surface area contributed by atoms with Crippen molar-refractivity contribution in [2.24, 2.45) is 0 Å². The summed E-state index contributed by atoms with van der Waals surface area (Å²) in [5.74, 6) is 3.09. The Balaban J connectivity index is 1.26. The third-order valence-corrected chi connectivity index (χ3v) is 11.6. The van der Waals surface area contributed by atoms with Crippen LogP contribution >= 0.6 is 0 Å². The quantitative estimate of drug-likeness (QED) is 0.128. The van der Waals surface area contributed by atoms with E-state index in [-0.39, 0.29) is 0 Å². The van der Waals surface area contributed by atoms with Gasteiger partial charge in [0.05, 0.1) is 0 Å². The lowest BCUT2D eigenvalue weighted by Gasteiger charge is -2.26. The van der Waals surface area contributed by atoms with E-state index in [1.165, 1.54) is 5.56 Å². The van der Waals surface area contributed by atoms with Crippen LogP contribution in [0.4, 0.5) is 34.6 Å². The third-order valence-electron chi connectivity index (χ3n) is 11.6. The van der Waals surface area contributed by atoms with Gasteiger partial charge in [0.25, 0.3) is 0 Å². The van der Waals surface area contributed by atoms with Gasteiger partial charge in [-0.25, -0.2) is 19.9 Å². The smallest absolute Gasteiger partial charge is 0.138 e. The molecule has 0 spiro atoms. The summed E-state index contributed by atoms with van der Waals surface area (Å²) in [4.78, 5) is 23.7. The van der Waals surface area contributed by atoms with Gasteiger partial charge in [0.1, 0.15) is 23.3 Å². The Labute approximate surface area is 372 Å². The summed E-state index contributed by atoms with van der Waals surface area (Å²) in [7, 11) is 0. The van der Waals surface area contributed by atoms with E-state index in [0.29, 0.717) is 0 Å². The Bertz CT molecular complexity index is 3140. The SMILES string of the molecule is c1ccc(-c2cccc(-c3c4ccc(N(c5ccccn5)c5ccccn5)cc4c(-c4cccc(-c5ccccc5)c4)c4cc(N(c5ccccn5)c5ccccn5)ccc34)c2)cc1. The predicted molar refractivity (Wildman–Crippen MR) is 264 cm³/mol. The number of aromatic nitrogens is 4. The minimum atomic E-state index is 0.772. The first-order chi connectivity index (χ1) is 31.8. The van der Waals surface area contributed by atoms with Gasteiger partial charge in [-0.2, -0.15) is 0 Å². The van der Waals surface area contributed by atoms with E-state index >= 15 is 0 Å².